The van der Waals surface area contributed by atoms with Gasteiger partial charge in [-0.25, -0.2) is 9.18 Å². The Morgan fingerprint density at radius 3 is 2.45 bits per heavy atom. The molecule has 118 valence electrons. The van der Waals surface area contributed by atoms with Gasteiger partial charge in [-0.1, -0.05) is 12.1 Å². The minimum atomic E-state index is -0.526. The maximum atomic E-state index is 13.0. The molecule has 1 aromatic rings. The molecule has 0 radical (unpaired) electrons. The first-order valence-corrected chi connectivity index (χ1v) is 7.32. The van der Waals surface area contributed by atoms with E-state index in [0.29, 0.717) is 25.9 Å². The average Bonchev–Trinajstić information content (AvgIpc) is 2.36. The molecule has 1 aromatic carbocycles. The van der Waals surface area contributed by atoms with Crippen LogP contribution in [0.1, 0.15) is 32.8 Å². The van der Waals surface area contributed by atoms with Crippen molar-refractivity contribution in [1.29, 1.82) is 5.26 Å². The lowest BCUT2D eigenvalue weighted by atomic mass is 9.73. The molecular weight excluding hydrogens is 283 g/mol. The van der Waals surface area contributed by atoms with Crippen molar-refractivity contribution < 1.29 is 13.9 Å². The van der Waals surface area contributed by atoms with Crippen LogP contribution in [0.4, 0.5) is 9.18 Å². The van der Waals surface area contributed by atoms with Gasteiger partial charge >= 0.3 is 6.09 Å². The van der Waals surface area contributed by atoms with Crippen LogP contribution in [0.5, 0.6) is 0 Å². The summed E-state index contributed by atoms with van der Waals surface area (Å²) >= 11 is 0. The average molecular weight is 304 g/mol. The summed E-state index contributed by atoms with van der Waals surface area (Å²) < 4.78 is 18.3. The number of benzene rings is 1. The summed E-state index contributed by atoms with van der Waals surface area (Å²) in [5.41, 5.74) is 0.186. The summed E-state index contributed by atoms with van der Waals surface area (Å²) in [5.74, 6) is -0.276. The minimum absolute atomic E-state index is 0.260. The lowest BCUT2D eigenvalue weighted by molar-refractivity contribution is -0.0327. The molecule has 1 amide bonds. The fourth-order valence-corrected chi connectivity index (χ4v) is 2.71. The molecule has 0 unspecified atom stereocenters. The topological polar surface area (TPSA) is 53.3 Å². The van der Waals surface area contributed by atoms with Crippen LogP contribution in [-0.2, 0) is 11.2 Å². The molecular formula is C17H21FN2O2. The second-order valence-corrected chi connectivity index (χ2v) is 6.97. The van der Waals surface area contributed by atoms with Crippen molar-refractivity contribution >= 4 is 6.09 Å². The summed E-state index contributed by atoms with van der Waals surface area (Å²) in [6.07, 6.45) is 0.671. The number of halogens is 1. The molecule has 0 saturated carbocycles. The molecule has 1 aliphatic heterocycles. The molecule has 0 aliphatic carbocycles. The molecule has 2 rings (SSSR count). The van der Waals surface area contributed by atoms with E-state index in [0.717, 1.165) is 5.56 Å². The predicted octanol–water partition coefficient (Wildman–Crippen LogP) is 3.52. The Balaban J connectivity index is 2.00. The van der Waals surface area contributed by atoms with Crippen molar-refractivity contribution in [2.24, 2.45) is 5.41 Å². The molecule has 0 N–H and O–H groups in total. The highest BCUT2D eigenvalue weighted by atomic mass is 19.1. The molecule has 22 heavy (non-hydrogen) atoms. The number of likely N-dealkylation sites (tertiary alicyclic amines) is 1. The maximum absolute atomic E-state index is 13.0. The first-order chi connectivity index (χ1) is 10.2. The van der Waals surface area contributed by atoms with E-state index in [4.69, 9.17) is 10.00 Å². The maximum Gasteiger partial charge on any atom is 0.410 e. The summed E-state index contributed by atoms with van der Waals surface area (Å²) in [4.78, 5) is 13.6. The smallest absolute Gasteiger partial charge is 0.410 e. The zero-order valence-electron chi connectivity index (χ0n) is 13.2. The van der Waals surface area contributed by atoms with Crippen molar-refractivity contribution in [2.45, 2.75) is 39.2 Å². The lowest BCUT2D eigenvalue weighted by Crippen LogP contribution is -2.60. The van der Waals surface area contributed by atoms with Crippen LogP contribution in [0.2, 0.25) is 0 Å². The Hall–Kier alpha value is -2.09. The second-order valence-electron chi connectivity index (χ2n) is 6.97. The quantitative estimate of drug-likeness (QED) is 0.858. The Bertz CT molecular complexity index is 578. The summed E-state index contributed by atoms with van der Waals surface area (Å²) in [6, 6.07) is 8.48. The summed E-state index contributed by atoms with van der Waals surface area (Å²) in [7, 11) is 0. The van der Waals surface area contributed by atoms with Crippen LogP contribution in [-0.4, -0.2) is 29.7 Å². The van der Waals surface area contributed by atoms with Crippen molar-refractivity contribution in [3.63, 3.8) is 0 Å². The summed E-state index contributed by atoms with van der Waals surface area (Å²) in [6.45, 7) is 6.46. The Morgan fingerprint density at radius 2 is 1.95 bits per heavy atom. The number of ether oxygens (including phenoxy) is 1. The molecule has 0 aromatic heterocycles. The van der Waals surface area contributed by atoms with Gasteiger partial charge in [0.2, 0.25) is 0 Å². The van der Waals surface area contributed by atoms with Gasteiger partial charge < -0.3 is 9.64 Å². The van der Waals surface area contributed by atoms with E-state index >= 15 is 0 Å². The van der Waals surface area contributed by atoms with Crippen LogP contribution in [0.15, 0.2) is 24.3 Å². The van der Waals surface area contributed by atoms with Crippen LogP contribution < -0.4 is 0 Å². The number of hydrogen-bond donors (Lipinski definition) is 0. The van der Waals surface area contributed by atoms with Crippen molar-refractivity contribution in [2.75, 3.05) is 13.1 Å². The standard InChI is InChI=1S/C17H21FN2O2/c1-16(2,3)22-15(21)20-11-17(12-20,8-9-19)10-13-4-6-14(18)7-5-13/h4-7H,8,10-12H2,1-3H3. The Kier molecular flexibility index (Phi) is 4.41. The molecule has 0 atom stereocenters. The van der Waals surface area contributed by atoms with Gasteiger partial charge in [-0.05, 0) is 44.9 Å². The van der Waals surface area contributed by atoms with Crippen LogP contribution in [0, 0.1) is 22.6 Å². The van der Waals surface area contributed by atoms with E-state index in [1.54, 1.807) is 17.0 Å². The largest absolute Gasteiger partial charge is 0.444 e. The van der Waals surface area contributed by atoms with Crippen molar-refractivity contribution in [3.05, 3.63) is 35.6 Å². The van der Waals surface area contributed by atoms with E-state index in [-0.39, 0.29) is 17.3 Å². The number of rotatable bonds is 3. The van der Waals surface area contributed by atoms with Gasteiger partial charge in [0.15, 0.2) is 0 Å². The molecule has 5 heteroatoms. The van der Waals surface area contributed by atoms with E-state index in [2.05, 4.69) is 6.07 Å². The molecule has 4 nitrogen and oxygen atoms in total. The Morgan fingerprint density at radius 1 is 1.36 bits per heavy atom. The second kappa shape index (κ2) is 5.96. The lowest BCUT2D eigenvalue weighted by Gasteiger charge is -2.49. The van der Waals surface area contributed by atoms with E-state index < -0.39 is 5.60 Å². The number of amides is 1. The monoisotopic (exact) mass is 304 g/mol. The van der Waals surface area contributed by atoms with Gasteiger partial charge in [0, 0.05) is 24.9 Å². The zero-order valence-corrected chi connectivity index (χ0v) is 13.2. The highest BCUT2D eigenvalue weighted by molar-refractivity contribution is 5.69. The molecule has 1 saturated heterocycles. The SMILES string of the molecule is CC(C)(C)OC(=O)N1CC(CC#N)(Cc2ccc(F)cc2)C1. The van der Waals surface area contributed by atoms with E-state index in [1.165, 1.54) is 12.1 Å². The first-order valence-electron chi connectivity index (χ1n) is 7.32. The van der Waals surface area contributed by atoms with Crippen LogP contribution in [0.3, 0.4) is 0 Å². The van der Waals surface area contributed by atoms with Crippen molar-refractivity contribution in [3.8, 4) is 6.07 Å². The van der Waals surface area contributed by atoms with E-state index in [1.807, 2.05) is 20.8 Å². The molecule has 0 spiro atoms. The van der Waals surface area contributed by atoms with Gasteiger partial charge in [0.1, 0.15) is 11.4 Å². The third kappa shape index (κ3) is 3.97. The third-order valence-corrected chi connectivity index (χ3v) is 3.65. The Labute approximate surface area is 130 Å². The third-order valence-electron chi connectivity index (χ3n) is 3.65. The van der Waals surface area contributed by atoms with Gasteiger partial charge in [-0.3, -0.25) is 0 Å². The van der Waals surface area contributed by atoms with Crippen molar-refractivity contribution in [1.82, 2.24) is 4.90 Å². The number of nitriles is 1. The fraction of sp³-hybridized carbons (Fsp3) is 0.529. The van der Waals surface area contributed by atoms with Gasteiger partial charge in [-0.15, -0.1) is 0 Å². The molecule has 1 fully saturated rings. The number of carbonyl (C=O) groups is 1. The molecule has 1 aliphatic rings. The predicted molar refractivity (Wildman–Crippen MR) is 80.6 cm³/mol. The highest BCUT2D eigenvalue weighted by Crippen LogP contribution is 2.38. The highest BCUT2D eigenvalue weighted by Gasteiger charge is 2.46. The molecule has 0 bridgehead atoms. The number of nitrogens with zero attached hydrogens (tertiary/aromatic N) is 2. The van der Waals surface area contributed by atoms with Crippen LogP contribution >= 0.6 is 0 Å². The van der Waals surface area contributed by atoms with Crippen LogP contribution in [0.25, 0.3) is 0 Å². The summed E-state index contributed by atoms with van der Waals surface area (Å²) in [5, 5.41) is 9.06. The number of carbonyl (C=O) groups excluding carboxylic acids is 1. The van der Waals surface area contributed by atoms with Gasteiger partial charge in [0.25, 0.3) is 0 Å². The normalized spacial score (nSPS) is 16.6. The fourth-order valence-electron chi connectivity index (χ4n) is 2.71. The van der Waals surface area contributed by atoms with Gasteiger partial charge in [-0.2, -0.15) is 5.26 Å². The number of hydrogen-bond acceptors (Lipinski definition) is 3. The molecule has 1 heterocycles. The first kappa shape index (κ1) is 16.3. The van der Waals surface area contributed by atoms with E-state index in [9.17, 15) is 9.18 Å². The van der Waals surface area contributed by atoms with Gasteiger partial charge in [0.05, 0.1) is 6.07 Å². The minimum Gasteiger partial charge on any atom is -0.444 e. The zero-order chi connectivity index (χ0) is 16.4.